The molecule has 5 heteroatoms. The first-order valence-corrected chi connectivity index (χ1v) is 5.83. The first-order valence-electron chi connectivity index (χ1n) is 4.26. The molecule has 0 aliphatic rings. The highest BCUT2D eigenvalue weighted by Gasteiger charge is 2.11. The minimum Gasteiger partial charge on any atom is -0.375 e. The van der Waals surface area contributed by atoms with E-state index >= 15 is 0 Å². The molecule has 2 nitrogen and oxygen atoms in total. The van der Waals surface area contributed by atoms with E-state index < -0.39 is 0 Å². The van der Waals surface area contributed by atoms with Crippen LogP contribution in [-0.2, 0) is 0 Å². The summed E-state index contributed by atoms with van der Waals surface area (Å²) < 4.78 is 0. The number of hydrogen-bond acceptors (Lipinski definition) is 3. The minimum absolute atomic E-state index is 0.550. The van der Waals surface area contributed by atoms with Crippen LogP contribution in [0.25, 0.3) is 10.4 Å². The maximum absolute atomic E-state index is 6.10. The van der Waals surface area contributed by atoms with Crippen molar-refractivity contribution < 1.29 is 0 Å². The molecule has 1 heterocycles. The van der Waals surface area contributed by atoms with Crippen molar-refractivity contribution in [1.82, 2.24) is 4.98 Å². The molecule has 0 unspecified atom stereocenters. The van der Waals surface area contributed by atoms with Gasteiger partial charge in [-0.05, 0) is 19.1 Å². The van der Waals surface area contributed by atoms with E-state index in [2.05, 4.69) is 4.98 Å². The molecule has 2 rings (SSSR count). The van der Waals surface area contributed by atoms with Gasteiger partial charge in [-0.25, -0.2) is 4.98 Å². The second kappa shape index (κ2) is 4.00. The molecule has 0 saturated heterocycles. The molecule has 0 bridgehead atoms. The predicted octanol–water partition coefficient (Wildman–Crippen LogP) is 4.01. The van der Waals surface area contributed by atoms with Gasteiger partial charge in [-0.3, -0.25) is 0 Å². The summed E-state index contributed by atoms with van der Waals surface area (Å²) in [5.74, 6) is 0. The summed E-state index contributed by atoms with van der Waals surface area (Å²) in [4.78, 5) is 5.15. The molecule has 2 aromatic rings. The summed E-state index contributed by atoms with van der Waals surface area (Å²) in [7, 11) is 0. The molecule has 1 aromatic carbocycles. The summed E-state index contributed by atoms with van der Waals surface area (Å²) in [6.07, 6.45) is 0. The fraction of sp³-hybridized carbons (Fsp3) is 0.100. The summed E-state index contributed by atoms with van der Waals surface area (Å²) in [5.41, 5.74) is 7.45. The van der Waals surface area contributed by atoms with Crippen molar-refractivity contribution in [3.05, 3.63) is 33.9 Å². The van der Waals surface area contributed by atoms with E-state index in [-0.39, 0.29) is 0 Å². The fourth-order valence-electron chi connectivity index (χ4n) is 1.34. The third kappa shape index (κ3) is 2.09. The Kier molecular flexibility index (Phi) is 2.87. The summed E-state index contributed by atoms with van der Waals surface area (Å²) in [6.45, 7) is 1.91. The maximum atomic E-state index is 6.10. The van der Waals surface area contributed by atoms with Crippen LogP contribution in [0.3, 0.4) is 0 Å². The van der Waals surface area contributed by atoms with Crippen LogP contribution in [0.1, 0.15) is 5.69 Å². The number of rotatable bonds is 1. The third-order valence-corrected chi connectivity index (χ3v) is 3.56. The predicted molar refractivity (Wildman–Crippen MR) is 66.7 cm³/mol. The number of halogens is 2. The zero-order chi connectivity index (χ0) is 11.0. The average molecular weight is 259 g/mol. The largest absolute Gasteiger partial charge is 0.375 e. The lowest BCUT2D eigenvalue weighted by Gasteiger charge is -2.02. The normalized spacial score (nSPS) is 10.6. The van der Waals surface area contributed by atoms with E-state index in [4.69, 9.17) is 28.9 Å². The number of nitrogens with zero attached hydrogens (tertiary/aromatic N) is 1. The number of aromatic nitrogens is 1. The molecule has 78 valence electrons. The third-order valence-electron chi connectivity index (χ3n) is 1.99. The summed E-state index contributed by atoms with van der Waals surface area (Å²) in [5, 5.41) is 1.79. The Balaban J connectivity index is 2.59. The van der Waals surface area contributed by atoms with Gasteiger partial charge in [0.25, 0.3) is 0 Å². The van der Waals surface area contributed by atoms with Crippen molar-refractivity contribution >= 4 is 39.7 Å². The second-order valence-electron chi connectivity index (χ2n) is 3.09. The Morgan fingerprint density at radius 1 is 1.33 bits per heavy atom. The van der Waals surface area contributed by atoms with Crippen LogP contribution in [-0.4, -0.2) is 4.98 Å². The van der Waals surface area contributed by atoms with Crippen molar-refractivity contribution in [3.8, 4) is 10.4 Å². The van der Waals surface area contributed by atoms with E-state index in [9.17, 15) is 0 Å². The Labute approximate surface area is 102 Å². The highest BCUT2D eigenvalue weighted by atomic mass is 35.5. The topological polar surface area (TPSA) is 38.9 Å². The van der Waals surface area contributed by atoms with Gasteiger partial charge in [0.05, 0.1) is 15.6 Å². The van der Waals surface area contributed by atoms with Gasteiger partial charge in [-0.15, -0.1) is 0 Å². The number of nitrogen functional groups attached to an aromatic ring is 1. The van der Waals surface area contributed by atoms with Crippen LogP contribution in [0.5, 0.6) is 0 Å². The first kappa shape index (κ1) is 10.7. The van der Waals surface area contributed by atoms with Crippen molar-refractivity contribution in [2.45, 2.75) is 6.92 Å². The number of nitrogens with two attached hydrogens (primary N) is 1. The molecule has 1 aromatic heterocycles. The van der Waals surface area contributed by atoms with Crippen LogP contribution in [0.15, 0.2) is 18.2 Å². The smallest absolute Gasteiger partial charge is 0.180 e. The molecule has 0 saturated carbocycles. The minimum atomic E-state index is 0.550. The van der Waals surface area contributed by atoms with E-state index in [0.29, 0.717) is 15.2 Å². The van der Waals surface area contributed by atoms with Gasteiger partial charge >= 0.3 is 0 Å². The Morgan fingerprint density at radius 2 is 2.07 bits per heavy atom. The van der Waals surface area contributed by atoms with Gasteiger partial charge in [-0.1, -0.05) is 40.6 Å². The van der Waals surface area contributed by atoms with E-state index in [1.807, 2.05) is 13.0 Å². The fourth-order valence-corrected chi connectivity index (χ4v) is 2.77. The molecule has 0 aliphatic heterocycles. The van der Waals surface area contributed by atoms with E-state index in [1.54, 1.807) is 12.1 Å². The van der Waals surface area contributed by atoms with Gasteiger partial charge in [0.1, 0.15) is 0 Å². The number of aryl methyl sites for hydroxylation is 1. The molecular formula is C10H8Cl2N2S. The average Bonchev–Trinajstić information content (AvgIpc) is 2.45. The lowest BCUT2D eigenvalue weighted by atomic mass is 10.1. The highest BCUT2D eigenvalue weighted by molar-refractivity contribution is 7.19. The number of benzene rings is 1. The van der Waals surface area contributed by atoms with E-state index in [1.165, 1.54) is 11.3 Å². The van der Waals surface area contributed by atoms with E-state index in [0.717, 1.165) is 16.1 Å². The van der Waals surface area contributed by atoms with Gasteiger partial charge in [-0.2, -0.15) is 0 Å². The Hall–Kier alpha value is -0.770. The van der Waals surface area contributed by atoms with Gasteiger partial charge in [0.15, 0.2) is 5.13 Å². The lowest BCUT2D eigenvalue weighted by molar-refractivity contribution is 1.27. The molecule has 0 fully saturated rings. The Bertz CT molecular complexity index is 508. The Morgan fingerprint density at radius 3 is 2.60 bits per heavy atom. The van der Waals surface area contributed by atoms with Crippen molar-refractivity contribution in [3.63, 3.8) is 0 Å². The van der Waals surface area contributed by atoms with Crippen molar-refractivity contribution in [2.24, 2.45) is 0 Å². The van der Waals surface area contributed by atoms with Crippen molar-refractivity contribution in [2.75, 3.05) is 5.73 Å². The van der Waals surface area contributed by atoms with Gasteiger partial charge in [0, 0.05) is 10.6 Å². The number of anilines is 1. The molecule has 0 radical (unpaired) electrons. The quantitative estimate of drug-likeness (QED) is 0.840. The van der Waals surface area contributed by atoms with Gasteiger partial charge < -0.3 is 5.73 Å². The first-order chi connectivity index (χ1) is 7.08. The second-order valence-corrected chi connectivity index (χ2v) is 4.97. The standard InChI is InChI=1S/C10H8Cl2N2S/c1-5-9(15-10(13)14-5)7-3-2-6(11)4-8(7)12/h2-4H,1H3,(H2,13,14). The molecule has 2 N–H and O–H groups in total. The molecule has 0 atom stereocenters. The molecule has 0 aliphatic carbocycles. The lowest BCUT2D eigenvalue weighted by Crippen LogP contribution is -1.81. The van der Waals surface area contributed by atoms with Crippen LogP contribution in [0.2, 0.25) is 10.0 Å². The zero-order valence-electron chi connectivity index (χ0n) is 7.92. The van der Waals surface area contributed by atoms with Crippen molar-refractivity contribution in [1.29, 1.82) is 0 Å². The summed E-state index contributed by atoms with van der Waals surface area (Å²) >= 11 is 13.4. The SMILES string of the molecule is Cc1nc(N)sc1-c1ccc(Cl)cc1Cl. The van der Waals surface area contributed by atoms with Crippen LogP contribution in [0.4, 0.5) is 5.13 Å². The highest BCUT2D eigenvalue weighted by Crippen LogP contribution is 2.36. The molecule has 0 amide bonds. The van der Waals surface area contributed by atoms with Crippen LogP contribution in [0, 0.1) is 6.92 Å². The molecule has 0 spiro atoms. The molecular weight excluding hydrogens is 251 g/mol. The van der Waals surface area contributed by atoms with Crippen LogP contribution < -0.4 is 5.73 Å². The molecule has 15 heavy (non-hydrogen) atoms. The zero-order valence-corrected chi connectivity index (χ0v) is 10.2. The summed E-state index contributed by atoms with van der Waals surface area (Å²) in [6, 6.07) is 5.40. The number of hydrogen-bond donors (Lipinski definition) is 1. The van der Waals surface area contributed by atoms with Crippen LogP contribution >= 0.6 is 34.5 Å². The monoisotopic (exact) mass is 258 g/mol. The number of thiazole rings is 1. The van der Waals surface area contributed by atoms with Gasteiger partial charge in [0.2, 0.25) is 0 Å². The maximum Gasteiger partial charge on any atom is 0.180 e.